The molecule has 1 aliphatic carbocycles. The molecule has 202 valence electrons. The molecule has 0 bridgehead atoms. The lowest BCUT2D eigenvalue weighted by Gasteiger charge is -2.30. The number of carbonyl (C=O) groups is 2. The number of aromatic nitrogens is 1. The highest BCUT2D eigenvalue weighted by Gasteiger charge is 2.27. The Balaban J connectivity index is 1.41. The molecular formula is C31H35N5O3. The average Bonchev–Trinajstić information content (AvgIpc) is 3.27. The van der Waals surface area contributed by atoms with Gasteiger partial charge in [-0.3, -0.25) is 10.2 Å². The van der Waals surface area contributed by atoms with E-state index >= 15 is 0 Å². The van der Waals surface area contributed by atoms with Crippen molar-refractivity contribution in [1.82, 2.24) is 15.2 Å². The van der Waals surface area contributed by atoms with Gasteiger partial charge in [-0.25, -0.2) is 4.79 Å². The lowest BCUT2D eigenvalue weighted by molar-refractivity contribution is 0.0488. The summed E-state index contributed by atoms with van der Waals surface area (Å²) in [6.45, 7) is 5.53. The van der Waals surface area contributed by atoms with Gasteiger partial charge in [0.2, 0.25) is 0 Å². The molecule has 1 aliphatic rings. The molecule has 0 radical (unpaired) electrons. The molecule has 2 amide bonds. The normalized spacial score (nSPS) is 17.6. The predicted octanol–water partition coefficient (Wildman–Crippen LogP) is 5.63. The van der Waals surface area contributed by atoms with E-state index in [1.54, 1.807) is 6.07 Å². The van der Waals surface area contributed by atoms with Crippen LogP contribution in [0.1, 0.15) is 62.5 Å². The van der Waals surface area contributed by atoms with Crippen LogP contribution >= 0.6 is 0 Å². The topological polar surface area (TPSA) is 122 Å². The first-order chi connectivity index (χ1) is 18.6. The smallest absolute Gasteiger partial charge is 0.407 e. The Labute approximate surface area is 228 Å². The largest absolute Gasteiger partial charge is 0.444 e. The van der Waals surface area contributed by atoms with Crippen LogP contribution < -0.4 is 16.4 Å². The summed E-state index contributed by atoms with van der Waals surface area (Å²) in [5, 5.41) is 17.1. The summed E-state index contributed by atoms with van der Waals surface area (Å²) < 4.78 is 7.35. The van der Waals surface area contributed by atoms with Gasteiger partial charge in [0.25, 0.3) is 5.91 Å². The summed E-state index contributed by atoms with van der Waals surface area (Å²) in [5.74, 6) is -0.183. The fourth-order valence-electron chi connectivity index (χ4n) is 5.31. The summed E-state index contributed by atoms with van der Waals surface area (Å²) in [7, 11) is 0. The number of ether oxygens (including phenoxy) is 1. The molecule has 0 spiro atoms. The zero-order valence-electron chi connectivity index (χ0n) is 22.6. The van der Waals surface area contributed by atoms with Crippen molar-refractivity contribution in [1.29, 1.82) is 5.41 Å². The molecule has 5 N–H and O–H groups in total. The van der Waals surface area contributed by atoms with Crippen molar-refractivity contribution < 1.29 is 14.3 Å². The number of amides is 2. The Morgan fingerprint density at radius 2 is 1.56 bits per heavy atom. The first-order valence-electron chi connectivity index (χ1n) is 13.4. The third-order valence-electron chi connectivity index (χ3n) is 7.14. The van der Waals surface area contributed by atoms with E-state index in [2.05, 4.69) is 22.8 Å². The fourth-order valence-corrected chi connectivity index (χ4v) is 5.31. The van der Waals surface area contributed by atoms with Crippen LogP contribution in [0.15, 0.2) is 66.7 Å². The number of nitrogens with one attached hydrogen (secondary N) is 3. The van der Waals surface area contributed by atoms with Crippen molar-refractivity contribution in [2.24, 2.45) is 5.73 Å². The van der Waals surface area contributed by atoms with Crippen LogP contribution in [0.5, 0.6) is 0 Å². The molecule has 39 heavy (non-hydrogen) atoms. The number of nitrogens with two attached hydrogens (primary N) is 1. The molecule has 4 aromatic rings. The number of fused-ring (bicyclic) bond motifs is 2. The van der Waals surface area contributed by atoms with Crippen LogP contribution in [0.2, 0.25) is 0 Å². The number of alkyl carbamates (subject to hydrolysis) is 1. The van der Waals surface area contributed by atoms with Crippen LogP contribution in [0.4, 0.5) is 4.79 Å². The van der Waals surface area contributed by atoms with Gasteiger partial charge in [-0.2, -0.15) is 0 Å². The third-order valence-corrected chi connectivity index (χ3v) is 7.14. The minimum Gasteiger partial charge on any atom is -0.444 e. The number of nitrogens with zero attached hydrogens (tertiary/aromatic N) is 1. The van der Waals surface area contributed by atoms with E-state index in [0.717, 1.165) is 53.0 Å². The lowest BCUT2D eigenvalue weighted by Crippen LogP contribution is -2.45. The van der Waals surface area contributed by atoms with Crippen molar-refractivity contribution in [3.8, 4) is 5.69 Å². The molecule has 1 heterocycles. The SMILES string of the molecule is CC(C)(C)OC(=O)NC1CCC(NC(=O)c2cc3ccc(C(=N)N)cc3n2-c2cccc3ccccc23)CC1. The van der Waals surface area contributed by atoms with Crippen LogP contribution in [0.25, 0.3) is 27.4 Å². The van der Waals surface area contributed by atoms with E-state index in [1.165, 1.54) is 0 Å². The second-order valence-corrected chi connectivity index (χ2v) is 11.2. The van der Waals surface area contributed by atoms with E-state index < -0.39 is 11.7 Å². The molecular weight excluding hydrogens is 490 g/mol. The van der Waals surface area contributed by atoms with Gasteiger partial charge in [0.05, 0.1) is 11.2 Å². The molecule has 8 heteroatoms. The van der Waals surface area contributed by atoms with Crippen LogP contribution in [0.3, 0.4) is 0 Å². The van der Waals surface area contributed by atoms with Crippen molar-refractivity contribution in [3.05, 3.63) is 78.0 Å². The first-order valence-corrected chi connectivity index (χ1v) is 13.4. The fraction of sp³-hybridized carbons (Fsp3) is 0.323. The number of hydrogen-bond donors (Lipinski definition) is 4. The van der Waals surface area contributed by atoms with Gasteiger partial charge in [0, 0.05) is 28.4 Å². The first kappa shape index (κ1) is 26.3. The zero-order chi connectivity index (χ0) is 27.7. The van der Waals surface area contributed by atoms with Gasteiger partial charge >= 0.3 is 6.09 Å². The molecule has 8 nitrogen and oxygen atoms in total. The van der Waals surface area contributed by atoms with Crippen molar-refractivity contribution in [2.75, 3.05) is 0 Å². The van der Waals surface area contributed by atoms with Gasteiger partial charge in [-0.1, -0.05) is 48.5 Å². The van der Waals surface area contributed by atoms with Gasteiger partial charge < -0.3 is 25.7 Å². The predicted molar refractivity (Wildman–Crippen MR) is 155 cm³/mol. The number of hydrogen-bond acceptors (Lipinski definition) is 4. The number of nitrogen functional groups attached to an aromatic ring is 1. The van der Waals surface area contributed by atoms with E-state index in [0.29, 0.717) is 11.3 Å². The maximum atomic E-state index is 13.8. The molecule has 0 atom stereocenters. The van der Waals surface area contributed by atoms with Gasteiger partial charge in [-0.15, -0.1) is 0 Å². The van der Waals surface area contributed by atoms with Crippen molar-refractivity contribution >= 4 is 39.5 Å². The highest BCUT2D eigenvalue weighted by Crippen LogP contribution is 2.31. The van der Waals surface area contributed by atoms with E-state index in [-0.39, 0.29) is 23.8 Å². The number of carbonyl (C=O) groups excluding carboxylic acids is 2. The molecule has 1 aromatic heterocycles. The summed E-state index contributed by atoms with van der Waals surface area (Å²) in [6.07, 6.45) is 2.64. The number of rotatable bonds is 5. The van der Waals surface area contributed by atoms with E-state index in [9.17, 15) is 9.59 Å². The van der Waals surface area contributed by atoms with E-state index in [1.807, 2.05) is 73.9 Å². The second kappa shape index (κ2) is 10.4. The van der Waals surface area contributed by atoms with Crippen molar-refractivity contribution in [2.45, 2.75) is 64.1 Å². The third kappa shape index (κ3) is 5.74. The minimum atomic E-state index is -0.539. The second-order valence-electron chi connectivity index (χ2n) is 11.2. The summed E-state index contributed by atoms with van der Waals surface area (Å²) >= 11 is 0. The Morgan fingerprint density at radius 3 is 2.26 bits per heavy atom. The van der Waals surface area contributed by atoms with Crippen molar-refractivity contribution in [3.63, 3.8) is 0 Å². The molecule has 1 saturated carbocycles. The number of benzene rings is 3. The Morgan fingerprint density at radius 1 is 0.897 bits per heavy atom. The van der Waals surface area contributed by atoms with Gasteiger partial charge in [0.15, 0.2) is 0 Å². The average molecular weight is 526 g/mol. The summed E-state index contributed by atoms with van der Waals surface area (Å²) in [5.41, 5.74) is 8.10. The summed E-state index contributed by atoms with van der Waals surface area (Å²) in [6, 6.07) is 21.6. The Bertz CT molecular complexity index is 1550. The summed E-state index contributed by atoms with van der Waals surface area (Å²) in [4.78, 5) is 25.9. The number of amidine groups is 1. The monoisotopic (exact) mass is 525 g/mol. The maximum Gasteiger partial charge on any atom is 0.407 e. The lowest BCUT2D eigenvalue weighted by atomic mass is 9.91. The highest BCUT2D eigenvalue weighted by molar-refractivity contribution is 6.05. The standard InChI is InChI=1S/C31H35N5O3/c1-31(2,3)39-30(38)35-23-15-13-22(14-16-23)34-29(37)27-17-20-11-12-21(28(32)33)18-26(20)36(27)25-10-6-8-19-7-4-5-9-24(19)25/h4-12,17-18,22-23H,13-16H2,1-3H3,(H3,32,33)(H,34,37)(H,35,38). The molecule has 0 aliphatic heterocycles. The van der Waals surface area contributed by atoms with E-state index in [4.69, 9.17) is 15.9 Å². The Kier molecular flexibility index (Phi) is 7.04. The molecule has 0 unspecified atom stereocenters. The zero-order valence-corrected chi connectivity index (χ0v) is 22.6. The van der Waals surface area contributed by atoms with Gasteiger partial charge in [0.1, 0.15) is 17.1 Å². The highest BCUT2D eigenvalue weighted by atomic mass is 16.6. The molecule has 3 aromatic carbocycles. The Hall–Kier alpha value is -4.33. The van der Waals surface area contributed by atoms with Crippen LogP contribution in [-0.4, -0.2) is 40.1 Å². The van der Waals surface area contributed by atoms with Crippen LogP contribution in [0, 0.1) is 5.41 Å². The maximum absolute atomic E-state index is 13.8. The molecule has 0 saturated heterocycles. The minimum absolute atomic E-state index is 0.000877. The van der Waals surface area contributed by atoms with Crippen LogP contribution in [-0.2, 0) is 4.74 Å². The van der Waals surface area contributed by atoms with Gasteiger partial charge in [-0.05, 0) is 70.0 Å². The molecule has 5 rings (SSSR count). The molecule has 1 fully saturated rings. The quantitative estimate of drug-likeness (QED) is 0.199.